The fourth-order valence-electron chi connectivity index (χ4n) is 2.87. The van der Waals surface area contributed by atoms with Crippen molar-refractivity contribution in [2.75, 3.05) is 0 Å². The molecular formula is C18H14ClN3. The molecule has 22 heavy (non-hydrogen) atoms. The highest BCUT2D eigenvalue weighted by atomic mass is 35.5. The first-order chi connectivity index (χ1) is 10.7. The Morgan fingerprint density at radius 1 is 1.00 bits per heavy atom. The first-order valence-electron chi connectivity index (χ1n) is 7.20. The Morgan fingerprint density at radius 2 is 1.82 bits per heavy atom. The monoisotopic (exact) mass is 307 g/mol. The molecule has 2 aromatic carbocycles. The van der Waals surface area contributed by atoms with Crippen LogP contribution in [0, 0.1) is 0 Å². The van der Waals surface area contributed by atoms with E-state index in [0.29, 0.717) is 5.02 Å². The van der Waals surface area contributed by atoms with E-state index in [9.17, 15) is 0 Å². The van der Waals surface area contributed by atoms with Gasteiger partial charge in [0, 0.05) is 10.4 Å². The maximum Gasteiger partial charge on any atom is 0.107 e. The smallest absolute Gasteiger partial charge is 0.107 e. The van der Waals surface area contributed by atoms with Gasteiger partial charge in [-0.3, -0.25) is 4.98 Å². The largest absolute Gasteiger partial charge is 0.323 e. The van der Waals surface area contributed by atoms with Crippen molar-refractivity contribution in [1.29, 1.82) is 0 Å². The summed E-state index contributed by atoms with van der Waals surface area (Å²) in [5.41, 5.74) is 4.13. The quantitative estimate of drug-likeness (QED) is 0.530. The number of halogens is 1. The van der Waals surface area contributed by atoms with Crippen LogP contribution in [0.1, 0.15) is 18.5 Å². The molecule has 108 valence electrons. The summed E-state index contributed by atoms with van der Waals surface area (Å²) in [4.78, 5) is 8.96. The molecule has 0 saturated heterocycles. The highest BCUT2D eigenvalue weighted by molar-refractivity contribution is 6.31. The Hall–Kier alpha value is -2.39. The topological polar surface area (TPSA) is 30.7 Å². The van der Waals surface area contributed by atoms with Gasteiger partial charge in [-0.1, -0.05) is 41.9 Å². The van der Waals surface area contributed by atoms with Crippen LogP contribution in [-0.4, -0.2) is 14.5 Å². The van der Waals surface area contributed by atoms with Gasteiger partial charge in [0.05, 0.1) is 29.6 Å². The Kier molecular flexibility index (Phi) is 3.09. The molecule has 0 fully saturated rings. The number of rotatable bonds is 2. The average molecular weight is 308 g/mol. The van der Waals surface area contributed by atoms with Gasteiger partial charge in [-0.05, 0) is 30.7 Å². The van der Waals surface area contributed by atoms with Gasteiger partial charge in [0.15, 0.2) is 0 Å². The zero-order valence-electron chi connectivity index (χ0n) is 12.1. The SMILES string of the molecule is C[C@H](c1ccccc1)n1cnc2cnc3ccc(Cl)cc3c21. The lowest BCUT2D eigenvalue weighted by Gasteiger charge is -2.15. The van der Waals surface area contributed by atoms with E-state index in [0.717, 1.165) is 21.9 Å². The van der Waals surface area contributed by atoms with Crippen LogP contribution in [0.2, 0.25) is 5.02 Å². The number of benzene rings is 2. The van der Waals surface area contributed by atoms with E-state index in [1.807, 2.05) is 36.8 Å². The lowest BCUT2D eigenvalue weighted by Crippen LogP contribution is -2.05. The van der Waals surface area contributed by atoms with Crippen LogP contribution in [0.3, 0.4) is 0 Å². The molecule has 0 amide bonds. The molecule has 0 radical (unpaired) electrons. The van der Waals surface area contributed by atoms with Crippen molar-refractivity contribution in [2.45, 2.75) is 13.0 Å². The van der Waals surface area contributed by atoms with Crippen LogP contribution in [0.15, 0.2) is 61.1 Å². The van der Waals surface area contributed by atoms with Crippen LogP contribution in [-0.2, 0) is 0 Å². The van der Waals surface area contributed by atoms with E-state index in [2.05, 4.69) is 45.7 Å². The van der Waals surface area contributed by atoms with Gasteiger partial charge < -0.3 is 4.57 Å². The normalized spacial score (nSPS) is 12.8. The van der Waals surface area contributed by atoms with Gasteiger partial charge in [0.2, 0.25) is 0 Å². The molecule has 0 saturated carbocycles. The molecule has 0 spiro atoms. The Labute approximate surface area is 133 Å². The lowest BCUT2D eigenvalue weighted by molar-refractivity contribution is 0.659. The number of hydrogen-bond donors (Lipinski definition) is 0. The van der Waals surface area contributed by atoms with E-state index in [1.165, 1.54) is 5.56 Å². The first kappa shape index (κ1) is 13.3. The highest BCUT2D eigenvalue weighted by Gasteiger charge is 2.14. The van der Waals surface area contributed by atoms with E-state index >= 15 is 0 Å². The van der Waals surface area contributed by atoms with Crippen molar-refractivity contribution < 1.29 is 0 Å². The minimum atomic E-state index is 0.191. The summed E-state index contributed by atoms with van der Waals surface area (Å²) in [5, 5.41) is 1.74. The molecule has 2 aromatic heterocycles. The number of pyridine rings is 1. The third-order valence-electron chi connectivity index (χ3n) is 4.06. The number of hydrogen-bond acceptors (Lipinski definition) is 2. The van der Waals surface area contributed by atoms with Crippen LogP contribution >= 0.6 is 11.6 Å². The summed E-state index contributed by atoms with van der Waals surface area (Å²) in [6.07, 6.45) is 3.70. The van der Waals surface area contributed by atoms with E-state index < -0.39 is 0 Å². The van der Waals surface area contributed by atoms with Gasteiger partial charge in [-0.2, -0.15) is 0 Å². The fraction of sp³-hybridized carbons (Fsp3) is 0.111. The second-order valence-electron chi connectivity index (χ2n) is 5.39. The zero-order chi connectivity index (χ0) is 15.1. The van der Waals surface area contributed by atoms with Crippen LogP contribution in [0.5, 0.6) is 0 Å². The van der Waals surface area contributed by atoms with Crippen molar-refractivity contribution in [3.63, 3.8) is 0 Å². The van der Waals surface area contributed by atoms with Gasteiger partial charge in [-0.15, -0.1) is 0 Å². The molecule has 0 bridgehead atoms. The van der Waals surface area contributed by atoms with Crippen molar-refractivity contribution in [3.8, 4) is 0 Å². The highest BCUT2D eigenvalue weighted by Crippen LogP contribution is 2.29. The van der Waals surface area contributed by atoms with E-state index in [4.69, 9.17) is 11.6 Å². The molecular weight excluding hydrogens is 294 g/mol. The third-order valence-corrected chi connectivity index (χ3v) is 4.30. The third kappa shape index (κ3) is 2.06. The van der Waals surface area contributed by atoms with Crippen molar-refractivity contribution >= 4 is 33.5 Å². The van der Waals surface area contributed by atoms with Crippen LogP contribution in [0.25, 0.3) is 21.9 Å². The molecule has 4 heteroatoms. The van der Waals surface area contributed by atoms with Gasteiger partial charge >= 0.3 is 0 Å². The lowest BCUT2D eigenvalue weighted by atomic mass is 10.1. The molecule has 1 atom stereocenters. The minimum absolute atomic E-state index is 0.191. The molecule has 4 rings (SSSR count). The standard InChI is InChI=1S/C18H14ClN3/c1-12(13-5-3-2-4-6-13)22-11-21-17-10-20-16-8-7-14(19)9-15(16)18(17)22/h2-12H,1H3/t12-/m1/s1. The molecule has 0 N–H and O–H groups in total. The zero-order valence-corrected chi connectivity index (χ0v) is 12.8. The molecule has 0 aliphatic heterocycles. The van der Waals surface area contributed by atoms with Gasteiger partial charge in [0.1, 0.15) is 5.52 Å². The Balaban J connectivity index is 2.00. The predicted molar refractivity (Wildman–Crippen MR) is 90.3 cm³/mol. The summed E-state index contributed by atoms with van der Waals surface area (Å²) in [7, 11) is 0. The number of nitrogens with zero attached hydrogens (tertiary/aromatic N) is 3. The molecule has 4 aromatic rings. The average Bonchev–Trinajstić information content (AvgIpc) is 2.99. The van der Waals surface area contributed by atoms with Gasteiger partial charge in [0.25, 0.3) is 0 Å². The molecule has 3 nitrogen and oxygen atoms in total. The van der Waals surface area contributed by atoms with Gasteiger partial charge in [-0.25, -0.2) is 4.98 Å². The summed E-state index contributed by atoms with van der Waals surface area (Å²) in [5.74, 6) is 0. The van der Waals surface area contributed by atoms with Crippen molar-refractivity contribution in [2.24, 2.45) is 0 Å². The number of fused-ring (bicyclic) bond motifs is 3. The molecule has 0 aliphatic carbocycles. The second-order valence-corrected chi connectivity index (χ2v) is 5.83. The maximum absolute atomic E-state index is 6.18. The van der Waals surface area contributed by atoms with Crippen LogP contribution in [0.4, 0.5) is 0 Å². The number of imidazole rings is 1. The molecule has 2 heterocycles. The minimum Gasteiger partial charge on any atom is -0.323 e. The first-order valence-corrected chi connectivity index (χ1v) is 7.57. The van der Waals surface area contributed by atoms with Crippen molar-refractivity contribution in [1.82, 2.24) is 14.5 Å². The van der Waals surface area contributed by atoms with Crippen LogP contribution < -0.4 is 0 Å². The summed E-state index contributed by atoms with van der Waals surface area (Å²) >= 11 is 6.18. The Bertz CT molecular complexity index is 960. The maximum atomic E-state index is 6.18. The van der Waals surface area contributed by atoms with E-state index in [-0.39, 0.29) is 6.04 Å². The molecule has 0 aliphatic rings. The summed E-state index contributed by atoms with van der Waals surface area (Å²) in [6.45, 7) is 2.17. The Morgan fingerprint density at radius 3 is 2.64 bits per heavy atom. The summed E-state index contributed by atoms with van der Waals surface area (Å²) < 4.78 is 2.19. The molecule has 0 unspecified atom stereocenters. The summed E-state index contributed by atoms with van der Waals surface area (Å²) in [6, 6.07) is 16.4. The second kappa shape index (κ2) is 5.11. The van der Waals surface area contributed by atoms with Crippen molar-refractivity contribution in [3.05, 3.63) is 71.6 Å². The fourth-order valence-corrected chi connectivity index (χ4v) is 3.05. The predicted octanol–water partition coefficient (Wildman–Crippen LogP) is 4.85. The van der Waals surface area contributed by atoms with E-state index in [1.54, 1.807) is 0 Å². The number of aromatic nitrogens is 3.